The van der Waals surface area contributed by atoms with Crippen LogP contribution < -0.4 is 5.73 Å². The van der Waals surface area contributed by atoms with Gasteiger partial charge >= 0.3 is 5.97 Å². The molecule has 0 aromatic rings. The molecule has 0 aliphatic carbocycles. The summed E-state index contributed by atoms with van der Waals surface area (Å²) < 4.78 is 5.31. The van der Waals surface area contributed by atoms with E-state index < -0.39 is 5.60 Å². The first kappa shape index (κ1) is 13.4. The van der Waals surface area contributed by atoms with Crippen LogP contribution in [0.2, 0.25) is 0 Å². The van der Waals surface area contributed by atoms with Crippen molar-refractivity contribution in [2.75, 3.05) is 6.54 Å². The first-order valence-electron chi connectivity index (χ1n) is 5.03. The molecule has 2 N–H and O–H groups in total. The molecule has 3 heteroatoms. The van der Waals surface area contributed by atoms with Crippen LogP contribution in [0.3, 0.4) is 0 Å². The van der Waals surface area contributed by atoms with Gasteiger partial charge in [0.15, 0.2) is 0 Å². The van der Waals surface area contributed by atoms with E-state index in [0.717, 1.165) is 0 Å². The molecule has 1 unspecified atom stereocenters. The lowest BCUT2D eigenvalue weighted by atomic mass is 9.82. The molecule has 0 bridgehead atoms. The highest BCUT2D eigenvalue weighted by Crippen LogP contribution is 2.27. The van der Waals surface area contributed by atoms with Crippen molar-refractivity contribution in [1.82, 2.24) is 0 Å². The lowest BCUT2D eigenvalue weighted by Crippen LogP contribution is -2.40. The van der Waals surface area contributed by atoms with Crippen LogP contribution in [-0.4, -0.2) is 18.1 Å². The van der Waals surface area contributed by atoms with Crippen LogP contribution in [-0.2, 0) is 9.53 Å². The Balaban J connectivity index is 4.37. The molecule has 0 amide bonds. The third-order valence-electron chi connectivity index (χ3n) is 2.52. The predicted molar refractivity (Wildman–Crippen MR) is 57.8 cm³/mol. The molecule has 14 heavy (non-hydrogen) atoms. The second-order valence-corrected chi connectivity index (χ2v) is 5.47. The first-order valence-corrected chi connectivity index (χ1v) is 5.03. The van der Waals surface area contributed by atoms with Gasteiger partial charge in [0.1, 0.15) is 5.60 Å². The molecular weight excluding hydrogens is 178 g/mol. The maximum absolute atomic E-state index is 11.7. The summed E-state index contributed by atoms with van der Waals surface area (Å²) in [6, 6.07) is 0. The summed E-state index contributed by atoms with van der Waals surface area (Å²) in [6.07, 6.45) is 0. The molecule has 0 spiro atoms. The van der Waals surface area contributed by atoms with E-state index in [-0.39, 0.29) is 17.3 Å². The van der Waals surface area contributed by atoms with Crippen molar-refractivity contribution in [2.45, 2.75) is 47.1 Å². The molecule has 0 saturated carbocycles. The van der Waals surface area contributed by atoms with Crippen molar-refractivity contribution in [3.63, 3.8) is 0 Å². The second kappa shape index (κ2) is 4.30. The number of nitrogens with two attached hydrogens (primary N) is 1. The summed E-state index contributed by atoms with van der Waals surface area (Å²) in [5.74, 6) is -0.290. The third kappa shape index (κ3) is 4.09. The van der Waals surface area contributed by atoms with Crippen molar-refractivity contribution in [1.29, 1.82) is 0 Å². The molecule has 0 aliphatic heterocycles. The normalized spacial score (nSPS) is 15.1. The van der Waals surface area contributed by atoms with Gasteiger partial charge in [-0.25, -0.2) is 0 Å². The highest BCUT2D eigenvalue weighted by molar-refractivity contribution is 5.73. The number of rotatable bonds is 3. The van der Waals surface area contributed by atoms with Gasteiger partial charge in [0.25, 0.3) is 0 Å². The van der Waals surface area contributed by atoms with Crippen LogP contribution in [0.25, 0.3) is 0 Å². The van der Waals surface area contributed by atoms with Crippen LogP contribution in [0.1, 0.15) is 41.5 Å². The molecule has 0 heterocycles. The Morgan fingerprint density at radius 3 is 2.00 bits per heavy atom. The summed E-state index contributed by atoms with van der Waals surface area (Å²) in [4.78, 5) is 11.7. The fourth-order valence-electron chi connectivity index (χ4n) is 0.756. The fraction of sp³-hybridized carbons (Fsp3) is 0.909. The molecule has 0 aromatic carbocycles. The van der Waals surface area contributed by atoms with Crippen LogP contribution in [0.4, 0.5) is 0 Å². The number of carbonyl (C=O) groups is 1. The van der Waals surface area contributed by atoms with E-state index in [1.165, 1.54) is 0 Å². The van der Waals surface area contributed by atoms with Gasteiger partial charge in [-0.15, -0.1) is 0 Å². The van der Waals surface area contributed by atoms with E-state index in [1.54, 1.807) is 0 Å². The number of ether oxygens (including phenoxy) is 1. The number of hydrogen-bond donors (Lipinski definition) is 1. The zero-order chi connectivity index (χ0) is 11.6. The zero-order valence-corrected chi connectivity index (χ0v) is 10.2. The largest absolute Gasteiger partial charge is 0.458 e. The smallest absolute Gasteiger partial charge is 0.309 e. The summed E-state index contributed by atoms with van der Waals surface area (Å²) >= 11 is 0. The van der Waals surface area contributed by atoms with Gasteiger partial charge in [-0.05, 0) is 19.3 Å². The Hall–Kier alpha value is -0.570. The summed E-state index contributed by atoms with van der Waals surface area (Å²) in [5.41, 5.74) is 4.86. The van der Waals surface area contributed by atoms with Gasteiger partial charge < -0.3 is 10.5 Å². The fourth-order valence-corrected chi connectivity index (χ4v) is 0.756. The molecule has 84 valence electrons. The van der Waals surface area contributed by atoms with E-state index in [1.807, 2.05) is 41.5 Å². The van der Waals surface area contributed by atoms with E-state index in [9.17, 15) is 4.79 Å². The molecule has 0 aliphatic rings. The van der Waals surface area contributed by atoms with Crippen molar-refractivity contribution in [3.05, 3.63) is 0 Å². The molecule has 0 rings (SSSR count). The minimum atomic E-state index is -0.559. The maximum Gasteiger partial charge on any atom is 0.309 e. The van der Waals surface area contributed by atoms with Crippen molar-refractivity contribution in [3.8, 4) is 0 Å². The molecule has 3 nitrogen and oxygen atoms in total. The van der Waals surface area contributed by atoms with E-state index in [4.69, 9.17) is 10.5 Å². The Morgan fingerprint density at radius 2 is 1.71 bits per heavy atom. The predicted octanol–water partition coefficient (Wildman–Crippen LogP) is 1.95. The van der Waals surface area contributed by atoms with Crippen LogP contribution in [0, 0.1) is 11.3 Å². The number of hydrogen-bond acceptors (Lipinski definition) is 3. The number of esters is 1. The van der Waals surface area contributed by atoms with Gasteiger partial charge in [-0.2, -0.15) is 0 Å². The topological polar surface area (TPSA) is 52.3 Å². The van der Waals surface area contributed by atoms with Gasteiger partial charge in [0.05, 0.1) is 5.92 Å². The lowest BCUT2D eigenvalue weighted by molar-refractivity contribution is -0.163. The first-order chi connectivity index (χ1) is 6.10. The van der Waals surface area contributed by atoms with Crippen molar-refractivity contribution < 1.29 is 9.53 Å². The maximum atomic E-state index is 11.7. The van der Waals surface area contributed by atoms with Crippen LogP contribution in [0.5, 0.6) is 0 Å². The minimum Gasteiger partial charge on any atom is -0.458 e. The summed E-state index contributed by atoms with van der Waals surface area (Å²) in [6.45, 7) is 11.9. The Labute approximate surface area is 87.0 Å². The molecular formula is C11H23NO2. The van der Waals surface area contributed by atoms with Gasteiger partial charge in [-0.3, -0.25) is 4.79 Å². The van der Waals surface area contributed by atoms with Crippen molar-refractivity contribution >= 4 is 5.97 Å². The molecule has 0 fully saturated rings. The van der Waals surface area contributed by atoms with Gasteiger partial charge in [-0.1, -0.05) is 27.7 Å². The minimum absolute atomic E-state index is 0.0677. The highest BCUT2D eigenvalue weighted by atomic mass is 16.6. The SMILES string of the molecule is CC(C(=O)OC(C)(C)CN)C(C)(C)C. The third-order valence-corrected chi connectivity index (χ3v) is 2.52. The number of carbonyl (C=O) groups excluding carboxylic acids is 1. The van der Waals surface area contributed by atoms with Gasteiger partial charge in [0.2, 0.25) is 0 Å². The monoisotopic (exact) mass is 201 g/mol. The Bertz CT molecular complexity index is 204. The zero-order valence-electron chi connectivity index (χ0n) is 10.2. The highest BCUT2D eigenvalue weighted by Gasteiger charge is 2.31. The Kier molecular flexibility index (Phi) is 4.13. The summed E-state index contributed by atoms with van der Waals surface area (Å²) in [5, 5.41) is 0. The van der Waals surface area contributed by atoms with Crippen molar-refractivity contribution in [2.24, 2.45) is 17.1 Å². The van der Waals surface area contributed by atoms with Crippen LogP contribution in [0.15, 0.2) is 0 Å². The van der Waals surface area contributed by atoms with Gasteiger partial charge in [0, 0.05) is 6.54 Å². The van der Waals surface area contributed by atoms with E-state index >= 15 is 0 Å². The molecule has 1 atom stereocenters. The van der Waals surface area contributed by atoms with Crippen LogP contribution >= 0.6 is 0 Å². The molecule has 0 aromatic heterocycles. The quantitative estimate of drug-likeness (QED) is 0.710. The average molecular weight is 201 g/mol. The standard InChI is InChI=1S/C11H23NO2/c1-8(10(2,3)4)9(13)14-11(5,6)7-12/h8H,7,12H2,1-6H3. The summed E-state index contributed by atoms with van der Waals surface area (Å²) in [7, 11) is 0. The lowest BCUT2D eigenvalue weighted by Gasteiger charge is -2.30. The molecule has 0 radical (unpaired) electrons. The van der Waals surface area contributed by atoms with E-state index in [2.05, 4.69) is 0 Å². The molecule has 0 saturated heterocycles. The van der Waals surface area contributed by atoms with E-state index in [0.29, 0.717) is 6.54 Å². The average Bonchev–Trinajstić information content (AvgIpc) is 2.00. The second-order valence-electron chi connectivity index (χ2n) is 5.47. The Morgan fingerprint density at radius 1 is 1.29 bits per heavy atom.